The van der Waals surface area contributed by atoms with Crippen molar-refractivity contribution in [2.75, 3.05) is 6.54 Å². The monoisotopic (exact) mass is 312 g/mol. The molecule has 3 nitrogen and oxygen atoms in total. The molecule has 0 aromatic heterocycles. The highest BCUT2D eigenvalue weighted by Crippen LogP contribution is 2.11. The molecule has 22 heavy (non-hydrogen) atoms. The molecule has 3 heteroatoms. The summed E-state index contributed by atoms with van der Waals surface area (Å²) in [5, 5.41) is 2.96. The van der Waals surface area contributed by atoms with E-state index < -0.39 is 0 Å². The summed E-state index contributed by atoms with van der Waals surface area (Å²) in [6.07, 6.45) is 16.0. The average molecular weight is 313 g/mol. The summed E-state index contributed by atoms with van der Waals surface area (Å²) >= 11 is 0. The molecule has 3 N–H and O–H groups in total. The van der Waals surface area contributed by atoms with Crippen LogP contribution in [0.15, 0.2) is 0 Å². The van der Waals surface area contributed by atoms with Gasteiger partial charge in [0.25, 0.3) is 0 Å². The summed E-state index contributed by atoms with van der Waals surface area (Å²) in [4.78, 5) is 11.6. The highest BCUT2D eigenvalue weighted by Gasteiger charge is 2.10. The van der Waals surface area contributed by atoms with Crippen molar-refractivity contribution in [3.05, 3.63) is 0 Å². The van der Waals surface area contributed by atoms with E-state index in [-0.39, 0.29) is 11.4 Å². The maximum absolute atomic E-state index is 11.6. The second kappa shape index (κ2) is 14.0. The van der Waals surface area contributed by atoms with Gasteiger partial charge in [0.05, 0.1) is 0 Å². The van der Waals surface area contributed by atoms with Crippen LogP contribution in [0, 0.1) is 0 Å². The van der Waals surface area contributed by atoms with Gasteiger partial charge in [-0.25, -0.2) is 0 Å². The molecule has 0 spiro atoms. The minimum absolute atomic E-state index is 0.181. The van der Waals surface area contributed by atoms with E-state index in [1.807, 2.05) is 13.8 Å². The Labute approximate surface area is 138 Å². The van der Waals surface area contributed by atoms with Gasteiger partial charge >= 0.3 is 0 Å². The number of unbranched alkanes of at least 4 members (excludes halogenated alkanes) is 10. The number of carbonyl (C=O) groups excluding carboxylic acids is 1. The molecule has 0 aliphatic rings. The molecule has 0 rings (SSSR count). The van der Waals surface area contributed by atoms with Gasteiger partial charge in [-0.2, -0.15) is 0 Å². The Morgan fingerprint density at radius 2 is 1.32 bits per heavy atom. The molecular weight excluding hydrogens is 272 g/mol. The first kappa shape index (κ1) is 21.4. The van der Waals surface area contributed by atoms with Gasteiger partial charge < -0.3 is 11.1 Å². The number of nitrogens with one attached hydrogen (secondary N) is 1. The summed E-state index contributed by atoms with van der Waals surface area (Å²) in [6.45, 7) is 6.94. The third kappa shape index (κ3) is 17.5. The lowest BCUT2D eigenvalue weighted by atomic mass is 10.0. The molecule has 0 unspecified atom stereocenters. The van der Waals surface area contributed by atoms with Crippen LogP contribution in [0.3, 0.4) is 0 Å². The first-order chi connectivity index (χ1) is 10.5. The fourth-order valence-corrected chi connectivity index (χ4v) is 2.56. The predicted molar refractivity (Wildman–Crippen MR) is 97.0 cm³/mol. The van der Waals surface area contributed by atoms with Gasteiger partial charge in [-0.3, -0.25) is 4.79 Å². The van der Waals surface area contributed by atoms with Crippen molar-refractivity contribution >= 4 is 5.91 Å². The average Bonchev–Trinajstić information content (AvgIpc) is 2.43. The predicted octanol–water partition coefficient (Wildman–Crippen LogP) is 4.93. The summed E-state index contributed by atoms with van der Waals surface area (Å²) in [7, 11) is 0. The number of hydrogen-bond acceptors (Lipinski definition) is 2. The summed E-state index contributed by atoms with van der Waals surface area (Å²) in [6, 6.07) is 0. The van der Waals surface area contributed by atoms with Crippen LogP contribution in [-0.2, 0) is 4.79 Å². The summed E-state index contributed by atoms with van der Waals surface area (Å²) in [5.74, 6) is 0.181. The van der Waals surface area contributed by atoms with E-state index >= 15 is 0 Å². The van der Waals surface area contributed by atoms with Crippen LogP contribution in [0.4, 0.5) is 0 Å². The van der Waals surface area contributed by atoms with Gasteiger partial charge in [0.1, 0.15) is 0 Å². The Morgan fingerprint density at radius 3 is 1.77 bits per heavy atom. The third-order valence-corrected chi connectivity index (χ3v) is 4.10. The van der Waals surface area contributed by atoms with E-state index in [4.69, 9.17) is 5.73 Å². The molecule has 0 radical (unpaired) electrons. The number of amides is 1. The van der Waals surface area contributed by atoms with Crippen LogP contribution in [-0.4, -0.2) is 18.0 Å². The van der Waals surface area contributed by atoms with Crippen molar-refractivity contribution in [1.82, 2.24) is 5.32 Å². The fourth-order valence-electron chi connectivity index (χ4n) is 2.56. The molecule has 0 aliphatic carbocycles. The zero-order chi connectivity index (χ0) is 16.7. The molecule has 0 aromatic carbocycles. The lowest BCUT2D eigenvalue weighted by molar-refractivity contribution is -0.121. The van der Waals surface area contributed by atoms with Gasteiger partial charge in [-0.1, -0.05) is 71.1 Å². The Kier molecular flexibility index (Phi) is 13.7. The second-order valence-electron chi connectivity index (χ2n) is 7.37. The molecule has 1 amide bonds. The lowest BCUT2D eigenvalue weighted by Crippen LogP contribution is -2.37. The van der Waals surface area contributed by atoms with Crippen LogP contribution in [0.2, 0.25) is 0 Å². The molecule has 0 atom stereocenters. The molecule has 132 valence electrons. The van der Waals surface area contributed by atoms with Gasteiger partial charge in [0, 0.05) is 18.5 Å². The molecule has 0 fully saturated rings. The Bertz CT molecular complexity index is 259. The molecule has 0 saturated heterocycles. The third-order valence-electron chi connectivity index (χ3n) is 4.10. The highest BCUT2D eigenvalue weighted by atomic mass is 16.1. The fraction of sp³-hybridized carbons (Fsp3) is 0.947. The van der Waals surface area contributed by atoms with Crippen molar-refractivity contribution in [2.24, 2.45) is 5.73 Å². The minimum Gasteiger partial charge on any atom is -0.356 e. The molecule has 0 bridgehead atoms. The molecule has 0 saturated carbocycles. The Morgan fingerprint density at radius 1 is 0.864 bits per heavy atom. The standard InChI is InChI=1S/C19H40N2O/c1-4-5-6-7-8-9-10-11-12-13-14-15-18(22)21-17-16-19(2,3)20/h4-17,20H2,1-3H3,(H,21,22). The van der Waals surface area contributed by atoms with Crippen LogP contribution in [0.5, 0.6) is 0 Å². The quantitative estimate of drug-likeness (QED) is 0.421. The first-order valence-corrected chi connectivity index (χ1v) is 9.51. The van der Waals surface area contributed by atoms with Crippen molar-refractivity contribution in [2.45, 2.75) is 110 Å². The number of nitrogens with two attached hydrogens (primary N) is 1. The maximum Gasteiger partial charge on any atom is 0.219 e. The minimum atomic E-state index is -0.191. The number of hydrogen-bond donors (Lipinski definition) is 2. The van der Waals surface area contributed by atoms with Crippen molar-refractivity contribution in [1.29, 1.82) is 0 Å². The van der Waals surface area contributed by atoms with E-state index in [0.717, 1.165) is 12.8 Å². The maximum atomic E-state index is 11.6. The molecular formula is C19H40N2O. The van der Waals surface area contributed by atoms with Crippen LogP contribution in [0.25, 0.3) is 0 Å². The van der Waals surface area contributed by atoms with Gasteiger partial charge in [-0.15, -0.1) is 0 Å². The highest BCUT2D eigenvalue weighted by molar-refractivity contribution is 5.75. The smallest absolute Gasteiger partial charge is 0.219 e. The normalized spacial score (nSPS) is 11.6. The van der Waals surface area contributed by atoms with Gasteiger partial charge in [0.15, 0.2) is 0 Å². The van der Waals surface area contributed by atoms with Crippen LogP contribution < -0.4 is 11.1 Å². The number of rotatable bonds is 15. The summed E-state index contributed by atoms with van der Waals surface area (Å²) < 4.78 is 0. The number of carbonyl (C=O) groups is 1. The largest absolute Gasteiger partial charge is 0.356 e. The van der Waals surface area contributed by atoms with Crippen LogP contribution in [0.1, 0.15) is 104 Å². The van der Waals surface area contributed by atoms with E-state index in [9.17, 15) is 4.79 Å². The molecule has 0 aliphatic heterocycles. The van der Waals surface area contributed by atoms with E-state index in [1.54, 1.807) is 0 Å². The van der Waals surface area contributed by atoms with E-state index in [2.05, 4.69) is 12.2 Å². The van der Waals surface area contributed by atoms with E-state index in [0.29, 0.717) is 13.0 Å². The zero-order valence-corrected chi connectivity index (χ0v) is 15.4. The second-order valence-corrected chi connectivity index (χ2v) is 7.37. The zero-order valence-electron chi connectivity index (χ0n) is 15.4. The van der Waals surface area contributed by atoms with Crippen molar-refractivity contribution in [3.8, 4) is 0 Å². The van der Waals surface area contributed by atoms with Crippen LogP contribution >= 0.6 is 0 Å². The van der Waals surface area contributed by atoms with Gasteiger partial charge in [0.2, 0.25) is 5.91 Å². The van der Waals surface area contributed by atoms with E-state index in [1.165, 1.54) is 64.2 Å². The molecule has 0 aromatic rings. The topological polar surface area (TPSA) is 55.1 Å². The van der Waals surface area contributed by atoms with Crippen molar-refractivity contribution < 1.29 is 4.79 Å². The summed E-state index contributed by atoms with van der Waals surface area (Å²) in [5.41, 5.74) is 5.69. The molecule has 0 heterocycles. The SMILES string of the molecule is CCCCCCCCCCCCCC(=O)NCCC(C)(C)N. The Balaban J connectivity index is 3.20. The Hall–Kier alpha value is -0.570. The van der Waals surface area contributed by atoms with Gasteiger partial charge in [-0.05, 0) is 26.7 Å². The lowest BCUT2D eigenvalue weighted by Gasteiger charge is -2.18. The first-order valence-electron chi connectivity index (χ1n) is 9.51. The van der Waals surface area contributed by atoms with Crippen molar-refractivity contribution in [3.63, 3.8) is 0 Å².